The number of hydrogen-bond acceptors (Lipinski definition) is 3. The number of benzene rings is 1. The first-order chi connectivity index (χ1) is 12.3. The van der Waals surface area contributed by atoms with Gasteiger partial charge in [0.1, 0.15) is 5.69 Å². The number of aromatic amines is 1. The van der Waals surface area contributed by atoms with Crippen molar-refractivity contribution in [2.45, 2.75) is 25.7 Å². The first-order valence-electron chi connectivity index (χ1n) is 8.91. The molecule has 128 valence electrons. The van der Waals surface area contributed by atoms with Gasteiger partial charge in [0.2, 0.25) is 0 Å². The summed E-state index contributed by atoms with van der Waals surface area (Å²) in [7, 11) is 0. The van der Waals surface area contributed by atoms with E-state index in [1.807, 2.05) is 23.2 Å². The van der Waals surface area contributed by atoms with Crippen LogP contribution in [-0.4, -0.2) is 38.8 Å². The molecule has 1 saturated heterocycles. The molecule has 5 heteroatoms. The molecule has 1 fully saturated rings. The number of rotatable bonds is 3. The molecule has 0 bridgehead atoms. The minimum absolute atomic E-state index is 0.0607. The zero-order chi connectivity index (χ0) is 17.1. The maximum atomic E-state index is 12.5. The van der Waals surface area contributed by atoms with E-state index in [0.717, 1.165) is 44.3 Å². The Morgan fingerprint density at radius 2 is 2.12 bits per heavy atom. The van der Waals surface area contributed by atoms with Crippen LogP contribution in [0.4, 0.5) is 0 Å². The van der Waals surface area contributed by atoms with Gasteiger partial charge in [0.05, 0.1) is 18.0 Å². The number of fused-ring (bicyclic) bond motifs is 1. The standard InChI is InChI=1S/C20H22N4O/c25-20(19-13-21-14-23-19)24-8-3-4-15(7-9-24)10-16-11-17-5-1-2-6-18(17)22-12-16/h1-2,5-6,11-15H,3-4,7-10H2,(H,21,23)/t15-/m1/s1. The number of para-hydroxylation sites is 1. The SMILES string of the molecule is O=C(c1cnc[nH]1)N1CCC[C@@H](Cc2cnc3ccccc3c2)CC1. The predicted octanol–water partition coefficient (Wildman–Crippen LogP) is 3.44. The third-order valence-corrected chi connectivity index (χ3v) is 5.03. The molecule has 1 atom stereocenters. The summed E-state index contributed by atoms with van der Waals surface area (Å²) in [4.78, 5) is 25.9. The predicted molar refractivity (Wildman–Crippen MR) is 97.3 cm³/mol. The van der Waals surface area contributed by atoms with E-state index in [9.17, 15) is 4.79 Å². The summed E-state index contributed by atoms with van der Waals surface area (Å²) in [5.41, 5.74) is 2.91. The molecule has 1 amide bonds. The normalized spacial score (nSPS) is 18.2. The Balaban J connectivity index is 1.41. The summed E-state index contributed by atoms with van der Waals surface area (Å²) < 4.78 is 0. The van der Waals surface area contributed by atoms with E-state index in [4.69, 9.17) is 0 Å². The fourth-order valence-electron chi connectivity index (χ4n) is 3.68. The third-order valence-electron chi connectivity index (χ3n) is 5.03. The lowest BCUT2D eigenvalue weighted by atomic mass is 9.93. The summed E-state index contributed by atoms with van der Waals surface area (Å²) >= 11 is 0. The Bertz CT molecular complexity index is 859. The molecular weight excluding hydrogens is 312 g/mol. The number of nitrogens with one attached hydrogen (secondary N) is 1. The molecule has 0 spiro atoms. The first kappa shape index (κ1) is 15.8. The molecule has 1 aliphatic heterocycles. The number of pyridine rings is 1. The molecule has 0 aliphatic carbocycles. The van der Waals surface area contributed by atoms with Crippen LogP contribution in [0.25, 0.3) is 10.9 Å². The van der Waals surface area contributed by atoms with Gasteiger partial charge in [0.15, 0.2) is 0 Å². The zero-order valence-corrected chi connectivity index (χ0v) is 14.2. The van der Waals surface area contributed by atoms with Crippen molar-refractivity contribution in [1.29, 1.82) is 0 Å². The van der Waals surface area contributed by atoms with Crippen molar-refractivity contribution in [2.75, 3.05) is 13.1 Å². The average molecular weight is 334 g/mol. The molecule has 5 nitrogen and oxygen atoms in total. The van der Waals surface area contributed by atoms with Gasteiger partial charge < -0.3 is 9.88 Å². The van der Waals surface area contributed by atoms with Gasteiger partial charge in [-0.25, -0.2) is 4.98 Å². The molecule has 0 radical (unpaired) electrons. The van der Waals surface area contributed by atoms with Crippen LogP contribution in [0.3, 0.4) is 0 Å². The number of nitrogens with zero attached hydrogens (tertiary/aromatic N) is 3. The summed E-state index contributed by atoms with van der Waals surface area (Å²) in [5.74, 6) is 0.660. The zero-order valence-electron chi connectivity index (χ0n) is 14.2. The van der Waals surface area contributed by atoms with Gasteiger partial charge in [-0.1, -0.05) is 18.2 Å². The van der Waals surface area contributed by atoms with Crippen LogP contribution in [-0.2, 0) is 6.42 Å². The maximum absolute atomic E-state index is 12.5. The topological polar surface area (TPSA) is 61.9 Å². The number of aromatic nitrogens is 3. The van der Waals surface area contributed by atoms with Gasteiger partial charge >= 0.3 is 0 Å². The lowest BCUT2D eigenvalue weighted by molar-refractivity contribution is 0.0754. The summed E-state index contributed by atoms with van der Waals surface area (Å²) in [6.07, 6.45) is 9.43. The largest absolute Gasteiger partial charge is 0.341 e. The maximum Gasteiger partial charge on any atom is 0.271 e. The van der Waals surface area contributed by atoms with Gasteiger partial charge in [-0.2, -0.15) is 0 Å². The fourth-order valence-corrected chi connectivity index (χ4v) is 3.68. The number of amides is 1. The van der Waals surface area contributed by atoms with Gasteiger partial charge in [-0.05, 0) is 49.3 Å². The molecule has 3 heterocycles. The van der Waals surface area contributed by atoms with Gasteiger partial charge in [0, 0.05) is 24.7 Å². The van der Waals surface area contributed by atoms with Crippen molar-refractivity contribution in [1.82, 2.24) is 19.9 Å². The van der Waals surface area contributed by atoms with E-state index in [-0.39, 0.29) is 5.91 Å². The van der Waals surface area contributed by atoms with E-state index < -0.39 is 0 Å². The van der Waals surface area contributed by atoms with Crippen LogP contribution in [0.5, 0.6) is 0 Å². The number of carbonyl (C=O) groups excluding carboxylic acids is 1. The van der Waals surface area contributed by atoms with Crippen LogP contribution >= 0.6 is 0 Å². The lowest BCUT2D eigenvalue weighted by Gasteiger charge is -2.19. The van der Waals surface area contributed by atoms with Crippen molar-refractivity contribution < 1.29 is 4.79 Å². The molecule has 1 aliphatic rings. The number of imidazole rings is 1. The highest BCUT2D eigenvalue weighted by Gasteiger charge is 2.22. The number of carbonyl (C=O) groups is 1. The number of hydrogen-bond donors (Lipinski definition) is 1. The Morgan fingerprint density at radius 1 is 1.20 bits per heavy atom. The second-order valence-corrected chi connectivity index (χ2v) is 6.79. The molecule has 2 aromatic heterocycles. The Hall–Kier alpha value is -2.69. The molecule has 25 heavy (non-hydrogen) atoms. The highest BCUT2D eigenvalue weighted by atomic mass is 16.2. The quantitative estimate of drug-likeness (QED) is 0.798. The van der Waals surface area contributed by atoms with E-state index in [0.29, 0.717) is 11.6 Å². The highest BCUT2D eigenvalue weighted by molar-refractivity contribution is 5.92. The molecule has 1 aromatic carbocycles. The van der Waals surface area contributed by atoms with Gasteiger partial charge in [0.25, 0.3) is 5.91 Å². The molecule has 3 aromatic rings. The van der Waals surface area contributed by atoms with E-state index in [1.54, 1.807) is 12.5 Å². The molecule has 0 saturated carbocycles. The number of likely N-dealkylation sites (tertiary alicyclic amines) is 1. The fraction of sp³-hybridized carbons (Fsp3) is 0.350. The van der Waals surface area contributed by atoms with Crippen molar-refractivity contribution in [3.05, 3.63) is 60.3 Å². The second kappa shape index (κ2) is 7.05. The monoisotopic (exact) mass is 334 g/mol. The summed E-state index contributed by atoms with van der Waals surface area (Å²) in [5, 5.41) is 1.20. The minimum atomic E-state index is 0.0607. The van der Waals surface area contributed by atoms with Crippen LogP contribution < -0.4 is 0 Å². The van der Waals surface area contributed by atoms with Crippen LogP contribution in [0, 0.1) is 5.92 Å². The molecular formula is C20H22N4O. The smallest absolute Gasteiger partial charge is 0.271 e. The lowest BCUT2D eigenvalue weighted by Crippen LogP contribution is -2.32. The third kappa shape index (κ3) is 3.55. The van der Waals surface area contributed by atoms with E-state index in [2.05, 4.69) is 33.2 Å². The Labute approximate surface area is 147 Å². The van der Waals surface area contributed by atoms with E-state index >= 15 is 0 Å². The van der Waals surface area contributed by atoms with Crippen LogP contribution in [0.1, 0.15) is 35.3 Å². The molecule has 4 rings (SSSR count). The van der Waals surface area contributed by atoms with Crippen LogP contribution in [0.15, 0.2) is 49.1 Å². The second-order valence-electron chi connectivity index (χ2n) is 6.79. The first-order valence-corrected chi connectivity index (χ1v) is 8.91. The van der Waals surface area contributed by atoms with E-state index in [1.165, 1.54) is 10.9 Å². The molecule has 0 unspecified atom stereocenters. The van der Waals surface area contributed by atoms with Crippen molar-refractivity contribution in [3.8, 4) is 0 Å². The van der Waals surface area contributed by atoms with Gasteiger partial charge in [-0.3, -0.25) is 9.78 Å². The van der Waals surface area contributed by atoms with Gasteiger partial charge in [-0.15, -0.1) is 0 Å². The van der Waals surface area contributed by atoms with Crippen LogP contribution in [0.2, 0.25) is 0 Å². The van der Waals surface area contributed by atoms with Crippen molar-refractivity contribution in [2.24, 2.45) is 5.92 Å². The Morgan fingerprint density at radius 3 is 3.00 bits per heavy atom. The average Bonchev–Trinajstić information content (AvgIpc) is 3.08. The summed E-state index contributed by atoms with van der Waals surface area (Å²) in [6.45, 7) is 1.63. The van der Waals surface area contributed by atoms with Crippen molar-refractivity contribution in [3.63, 3.8) is 0 Å². The highest BCUT2D eigenvalue weighted by Crippen LogP contribution is 2.24. The Kier molecular flexibility index (Phi) is 4.46. The number of H-pyrrole nitrogens is 1. The summed E-state index contributed by atoms with van der Waals surface area (Å²) in [6, 6.07) is 10.5. The van der Waals surface area contributed by atoms with Crippen molar-refractivity contribution >= 4 is 16.8 Å². The minimum Gasteiger partial charge on any atom is -0.341 e. The molecule has 1 N–H and O–H groups in total.